The fourth-order valence-corrected chi connectivity index (χ4v) is 1.52. The lowest BCUT2D eigenvalue weighted by atomic mass is 10.1. The molecule has 1 rings (SSSR count). The molecule has 0 aliphatic carbocycles. The molecule has 64 valence electrons. The highest BCUT2D eigenvalue weighted by molar-refractivity contribution is 9.10. The Morgan fingerprint density at radius 2 is 2.17 bits per heavy atom. The molecule has 3 nitrogen and oxygen atoms in total. The van der Waals surface area contributed by atoms with E-state index < -0.39 is 5.97 Å². The molecule has 0 unspecified atom stereocenters. The molecule has 1 N–H and O–H groups in total. The Bertz CT molecular complexity index is 336. The number of aryl methyl sites for hydroxylation is 2. The van der Waals surface area contributed by atoms with Gasteiger partial charge in [-0.1, -0.05) is 0 Å². The van der Waals surface area contributed by atoms with Gasteiger partial charge in [0, 0.05) is 6.20 Å². The van der Waals surface area contributed by atoms with Crippen molar-refractivity contribution in [2.45, 2.75) is 13.8 Å². The number of carboxylic acid groups (broad SMARTS) is 1. The molecule has 0 amide bonds. The van der Waals surface area contributed by atoms with Crippen molar-refractivity contribution in [3.05, 3.63) is 27.5 Å². The van der Waals surface area contributed by atoms with Gasteiger partial charge in [-0.05, 0) is 35.3 Å². The van der Waals surface area contributed by atoms with Crippen molar-refractivity contribution in [2.75, 3.05) is 0 Å². The zero-order chi connectivity index (χ0) is 9.30. The first-order valence-corrected chi connectivity index (χ1v) is 4.18. The third kappa shape index (κ3) is 1.48. The molecule has 0 radical (unpaired) electrons. The Morgan fingerprint density at radius 1 is 1.58 bits per heavy atom. The molecule has 4 heteroatoms. The second-order valence-corrected chi connectivity index (χ2v) is 3.31. The number of halogens is 1. The van der Waals surface area contributed by atoms with Crippen molar-refractivity contribution in [3.63, 3.8) is 0 Å². The van der Waals surface area contributed by atoms with Crippen LogP contribution >= 0.6 is 15.9 Å². The van der Waals surface area contributed by atoms with Crippen LogP contribution in [-0.4, -0.2) is 16.1 Å². The van der Waals surface area contributed by atoms with Crippen LogP contribution < -0.4 is 0 Å². The molecule has 1 aromatic rings. The Balaban J connectivity index is 3.43. The summed E-state index contributed by atoms with van der Waals surface area (Å²) in [4.78, 5) is 14.7. The number of aromatic carboxylic acids is 1. The van der Waals surface area contributed by atoms with E-state index in [-0.39, 0.29) is 0 Å². The third-order valence-corrected chi connectivity index (χ3v) is 2.57. The molecule has 12 heavy (non-hydrogen) atoms. The molecule has 1 aromatic heterocycles. The molecule has 0 atom stereocenters. The van der Waals surface area contributed by atoms with Crippen molar-refractivity contribution in [1.29, 1.82) is 0 Å². The Labute approximate surface area is 78.6 Å². The molecule has 0 fully saturated rings. The van der Waals surface area contributed by atoms with Crippen molar-refractivity contribution in [3.8, 4) is 0 Å². The average molecular weight is 230 g/mol. The number of nitrogens with zero attached hydrogens (tertiary/aromatic N) is 1. The number of aromatic nitrogens is 1. The maximum atomic E-state index is 10.7. The Morgan fingerprint density at radius 3 is 2.58 bits per heavy atom. The van der Waals surface area contributed by atoms with Crippen LogP contribution in [0.3, 0.4) is 0 Å². The number of rotatable bonds is 1. The maximum Gasteiger partial charge on any atom is 0.337 e. The summed E-state index contributed by atoms with van der Waals surface area (Å²) in [6.07, 6.45) is 1.56. The van der Waals surface area contributed by atoms with Gasteiger partial charge in [0.15, 0.2) is 0 Å². The SMILES string of the molecule is Cc1cnc(C)c(Br)c1C(=O)O. The largest absolute Gasteiger partial charge is 0.478 e. The summed E-state index contributed by atoms with van der Waals surface area (Å²) in [6, 6.07) is 0. The van der Waals surface area contributed by atoms with Gasteiger partial charge < -0.3 is 5.11 Å². The van der Waals surface area contributed by atoms with Gasteiger partial charge in [0.25, 0.3) is 0 Å². The first kappa shape index (κ1) is 9.19. The Hall–Kier alpha value is -0.900. The van der Waals surface area contributed by atoms with E-state index >= 15 is 0 Å². The van der Waals surface area contributed by atoms with Crippen molar-refractivity contribution in [2.24, 2.45) is 0 Å². The monoisotopic (exact) mass is 229 g/mol. The number of carbonyl (C=O) groups is 1. The summed E-state index contributed by atoms with van der Waals surface area (Å²) in [6.45, 7) is 3.48. The minimum absolute atomic E-state index is 0.294. The van der Waals surface area contributed by atoms with Crippen molar-refractivity contribution >= 4 is 21.9 Å². The smallest absolute Gasteiger partial charge is 0.337 e. The van der Waals surface area contributed by atoms with E-state index in [9.17, 15) is 4.79 Å². The lowest BCUT2D eigenvalue weighted by Crippen LogP contribution is -2.03. The molecule has 0 saturated carbocycles. The fraction of sp³-hybridized carbons (Fsp3) is 0.250. The Kier molecular flexibility index (Phi) is 2.47. The predicted octanol–water partition coefficient (Wildman–Crippen LogP) is 2.16. The molecule has 0 saturated heterocycles. The normalized spacial score (nSPS) is 9.92. The minimum Gasteiger partial charge on any atom is -0.478 e. The van der Waals surface area contributed by atoms with Crippen LogP contribution in [0.5, 0.6) is 0 Å². The summed E-state index contributed by atoms with van der Waals surface area (Å²) < 4.78 is 0.565. The number of carboxylic acids is 1. The van der Waals surface area contributed by atoms with Gasteiger partial charge in [-0.15, -0.1) is 0 Å². The summed E-state index contributed by atoms with van der Waals surface area (Å²) >= 11 is 3.19. The first-order chi connectivity index (χ1) is 5.54. The highest BCUT2D eigenvalue weighted by Gasteiger charge is 2.13. The average Bonchev–Trinajstić information content (AvgIpc) is 1.97. The van der Waals surface area contributed by atoms with Gasteiger partial charge in [0.05, 0.1) is 15.7 Å². The molecular weight excluding hydrogens is 222 g/mol. The molecule has 0 spiro atoms. The summed E-state index contributed by atoms with van der Waals surface area (Å²) in [7, 11) is 0. The zero-order valence-corrected chi connectivity index (χ0v) is 8.34. The van der Waals surface area contributed by atoms with E-state index in [2.05, 4.69) is 20.9 Å². The van der Waals surface area contributed by atoms with Gasteiger partial charge in [-0.2, -0.15) is 0 Å². The fourth-order valence-electron chi connectivity index (χ4n) is 0.931. The number of hydrogen-bond acceptors (Lipinski definition) is 2. The minimum atomic E-state index is -0.926. The van der Waals surface area contributed by atoms with E-state index in [0.29, 0.717) is 21.3 Å². The van der Waals surface area contributed by atoms with Crippen LogP contribution in [0.2, 0.25) is 0 Å². The van der Waals surface area contributed by atoms with Gasteiger partial charge in [-0.25, -0.2) is 4.79 Å². The van der Waals surface area contributed by atoms with E-state index in [0.717, 1.165) is 0 Å². The molecule has 1 heterocycles. The van der Waals surface area contributed by atoms with E-state index in [4.69, 9.17) is 5.11 Å². The summed E-state index contributed by atoms with van der Waals surface area (Å²) in [5.41, 5.74) is 1.65. The molecule has 0 aliphatic rings. The summed E-state index contributed by atoms with van der Waals surface area (Å²) in [5.74, 6) is -0.926. The second-order valence-electron chi connectivity index (χ2n) is 2.52. The number of pyridine rings is 1. The standard InChI is InChI=1S/C8H8BrNO2/c1-4-3-10-5(2)7(9)6(4)8(11)12/h3H,1-2H3,(H,11,12). The second kappa shape index (κ2) is 3.23. The van der Waals surface area contributed by atoms with Gasteiger partial charge in [0.1, 0.15) is 0 Å². The lowest BCUT2D eigenvalue weighted by molar-refractivity contribution is 0.0695. The van der Waals surface area contributed by atoms with Crippen molar-refractivity contribution in [1.82, 2.24) is 4.98 Å². The highest BCUT2D eigenvalue weighted by Crippen LogP contribution is 2.22. The zero-order valence-electron chi connectivity index (χ0n) is 6.76. The van der Waals surface area contributed by atoms with Crippen LogP contribution in [0.4, 0.5) is 0 Å². The van der Waals surface area contributed by atoms with Crippen LogP contribution in [-0.2, 0) is 0 Å². The number of hydrogen-bond donors (Lipinski definition) is 1. The summed E-state index contributed by atoms with van der Waals surface area (Å²) in [5, 5.41) is 8.81. The van der Waals surface area contributed by atoms with Crippen LogP contribution in [0, 0.1) is 13.8 Å². The van der Waals surface area contributed by atoms with E-state index in [1.54, 1.807) is 20.0 Å². The third-order valence-electron chi connectivity index (χ3n) is 1.60. The van der Waals surface area contributed by atoms with Crippen LogP contribution in [0.25, 0.3) is 0 Å². The first-order valence-electron chi connectivity index (χ1n) is 3.39. The maximum absolute atomic E-state index is 10.7. The van der Waals surface area contributed by atoms with Crippen LogP contribution in [0.15, 0.2) is 10.7 Å². The van der Waals surface area contributed by atoms with E-state index in [1.165, 1.54) is 0 Å². The predicted molar refractivity (Wildman–Crippen MR) is 48.4 cm³/mol. The highest BCUT2D eigenvalue weighted by atomic mass is 79.9. The molecular formula is C8H8BrNO2. The van der Waals surface area contributed by atoms with Gasteiger partial charge in [-0.3, -0.25) is 4.98 Å². The topological polar surface area (TPSA) is 50.2 Å². The van der Waals surface area contributed by atoms with E-state index in [1.807, 2.05) is 0 Å². The molecule has 0 bridgehead atoms. The lowest BCUT2D eigenvalue weighted by Gasteiger charge is -2.04. The van der Waals surface area contributed by atoms with Gasteiger partial charge in [0.2, 0.25) is 0 Å². The van der Waals surface area contributed by atoms with Crippen molar-refractivity contribution < 1.29 is 9.90 Å². The van der Waals surface area contributed by atoms with Crippen LogP contribution in [0.1, 0.15) is 21.6 Å². The molecule has 0 aliphatic heterocycles. The molecule has 0 aromatic carbocycles. The van der Waals surface area contributed by atoms with Gasteiger partial charge >= 0.3 is 5.97 Å². The quantitative estimate of drug-likeness (QED) is 0.804.